The lowest BCUT2D eigenvalue weighted by atomic mass is 9.90. The topological polar surface area (TPSA) is 4.93 Å². The number of benzene rings is 9. The zero-order valence-electron chi connectivity index (χ0n) is 26.8. The quantitative estimate of drug-likeness (QED) is 0.172. The van der Waals surface area contributed by atoms with Crippen LogP contribution in [0.5, 0.6) is 0 Å². The summed E-state index contributed by atoms with van der Waals surface area (Å²) in [6.45, 7) is 0. The fourth-order valence-electron chi connectivity index (χ4n) is 7.87. The van der Waals surface area contributed by atoms with Gasteiger partial charge in [0.1, 0.15) is 0 Å². The van der Waals surface area contributed by atoms with Gasteiger partial charge in [-0.15, -0.1) is 0 Å². The SMILES string of the molecule is c1ccc(-c2cc(-c3cccc(-n4c5ccccc5c5ccccc54)c3)cc(-c3ccc4c5ccccc5c5ccccc5c4c3)c2)cc1. The second kappa shape index (κ2) is 11.1. The smallest absolute Gasteiger partial charge is 0.0541 e. The normalized spacial score (nSPS) is 11.7. The zero-order chi connectivity index (χ0) is 32.3. The minimum atomic E-state index is 1.16. The number of nitrogens with zero attached hydrogens (tertiary/aromatic N) is 1. The molecule has 0 bridgehead atoms. The van der Waals surface area contributed by atoms with Crippen molar-refractivity contribution in [1.29, 1.82) is 0 Å². The summed E-state index contributed by atoms with van der Waals surface area (Å²) in [5, 5.41) is 10.3. The van der Waals surface area contributed by atoms with Gasteiger partial charge in [-0.05, 0) is 114 Å². The van der Waals surface area contributed by atoms with E-state index in [2.05, 4.69) is 193 Å². The predicted molar refractivity (Wildman–Crippen MR) is 210 cm³/mol. The molecule has 0 radical (unpaired) electrons. The largest absolute Gasteiger partial charge is 0.309 e. The lowest BCUT2D eigenvalue weighted by Crippen LogP contribution is -1.94. The third-order valence-electron chi connectivity index (χ3n) is 10.1. The first-order valence-electron chi connectivity index (χ1n) is 16.9. The van der Waals surface area contributed by atoms with Gasteiger partial charge in [-0.3, -0.25) is 0 Å². The second-order valence-electron chi connectivity index (χ2n) is 12.9. The van der Waals surface area contributed by atoms with Gasteiger partial charge in [-0.25, -0.2) is 0 Å². The Morgan fingerprint density at radius 1 is 0.224 bits per heavy atom. The number of aromatic nitrogens is 1. The van der Waals surface area contributed by atoms with Crippen LogP contribution in [0.3, 0.4) is 0 Å². The van der Waals surface area contributed by atoms with Gasteiger partial charge in [0.25, 0.3) is 0 Å². The molecule has 1 heterocycles. The molecule has 1 aromatic heterocycles. The maximum Gasteiger partial charge on any atom is 0.0541 e. The third kappa shape index (κ3) is 4.47. The average molecular weight is 622 g/mol. The van der Waals surface area contributed by atoms with Gasteiger partial charge < -0.3 is 4.57 Å². The number of hydrogen-bond donors (Lipinski definition) is 0. The highest BCUT2D eigenvalue weighted by molar-refractivity contribution is 6.25. The molecule has 49 heavy (non-hydrogen) atoms. The molecule has 0 spiro atoms. The summed E-state index contributed by atoms with van der Waals surface area (Å²) < 4.78 is 2.40. The van der Waals surface area contributed by atoms with E-state index < -0.39 is 0 Å². The van der Waals surface area contributed by atoms with Crippen molar-refractivity contribution in [2.45, 2.75) is 0 Å². The first kappa shape index (κ1) is 27.7. The summed E-state index contributed by atoms with van der Waals surface area (Å²) in [5.74, 6) is 0. The van der Waals surface area contributed by atoms with Crippen LogP contribution in [-0.4, -0.2) is 4.57 Å². The highest BCUT2D eigenvalue weighted by Gasteiger charge is 2.14. The summed E-state index contributed by atoms with van der Waals surface area (Å²) in [4.78, 5) is 0. The highest BCUT2D eigenvalue weighted by Crippen LogP contribution is 2.40. The minimum absolute atomic E-state index is 1.16. The summed E-state index contributed by atoms with van der Waals surface area (Å²) in [7, 11) is 0. The first-order valence-corrected chi connectivity index (χ1v) is 16.9. The Bertz CT molecular complexity index is 2790. The average Bonchev–Trinajstić information content (AvgIpc) is 3.52. The first-order chi connectivity index (χ1) is 24.3. The van der Waals surface area contributed by atoms with Crippen molar-refractivity contribution in [2.24, 2.45) is 0 Å². The van der Waals surface area contributed by atoms with Crippen LogP contribution in [0.4, 0.5) is 0 Å². The standard InChI is InChI=1S/C48H31N/c1-2-13-32(14-3-1)35-27-36(33-15-12-16-38(30-33)49-47-23-10-8-21-44(47)45-22-9-11-24-48(45)49)29-37(28-35)34-25-26-43-41-19-5-4-17-39(41)40-18-6-7-20-42(40)46(43)31-34/h1-31H. The Kier molecular flexibility index (Phi) is 6.25. The molecule has 0 aliphatic carbocycles. The fraction of sp³-hybridized carbons (Fsp3) is 0. The van der Waals surface area contributed by atoms with E-state index in [0.717, 1.165) is 5.69 Å². The van der Waals surface area contributed by atoms with Crippen molar-refractivity contribution in [3.8, 4) is 39.1 Å². The van der Waals surface area contributed by atoms with E-state index in [9.17, 15) is 0 Å². The van der Waals surface area contributed by atoms with Gasteiger partial charge >= 0.3 is 0 Å². The zero-order valence-corrected chi connectivity index (χ0v) is 26.8. The molecule has 0 saturated heterocycles. The van der Waals surface area contributed by atoms with Crippen LogP contribution in [-0.2, 0) is 0 Å². The molecule has 10 rings (SSSR count). The van der Waals surface area contributed by atoms with E-state index in [-0.39, 0.29) is 0 Å². The molecule has 0 atom stereocenters. The molecule has 228 valence electrons. The van der Waals surface area contributed by atoms with Crippen molar-refractivity contribution in [3.05, 3.63) is 188 Å². The summed E-state index contributed by atoms with van der Waals surface area (Å²) >= 11 is 0. The van der Waals surface area contributed by atoms with E-state index in [1.165, 1.54) is 87.5 Å². The maximum atomic E-state index is 2.40. The number of rotatable bonds is 4. The van der Waals surface area contributed by atoms with Crippen molar-refractivity contribution >= 4 is 54.1 Å². The molecule has 1 heteroatoms. The highest BCUT2D eigenvalue weighted by atomic mass is 15.0. The van der Waals surface area contributed by atoms with Crippen molar-refractivity contribution in [3.63, 3.8) is 0 Å². The van der Waals surface area contributed by atoms with E-state index in [4.69, 9.17) is 0 Å². The van der Waals surface area contributed by atoms with E-state index in [0.29, 0.717) is 0 Å². The van der Waals surface area contributed by atoms with Gasteiger partial charge in [0.2, 0.25) is 0 Å². The molecule has 1 nitrogen and oxygen atoms in total. The monoisotopic (exact) mass is 621 g/mol. The van der Waals surface area contributed by atoms with Crippen LogP contribution in [0, 0.1) is 0 Å². The van der Waals surface area contributed by atoms with Crippen LogP contribution in [0.25, 0.3) is 93.2 Å². The minimum Gasteiger partial charge on any atom is -0.309 e. The van der Waals surface area contributed by atoms with Gasteiger partial charge in [-0.1, -0.05) is 140 Å². The van der Waals surface area contributed by atoms with Crippen molar-refractivity contribution in [2.75, 3.05) is 0 Å². The molecule has 0 N–H and O–H groups in total. The molecule has 0 amide bonds. The van der Waals surface area contributed by atoms with Crippen LogP contribution in [0.15, 0.2) is 188 Å². The molecule has 0 aliphatic heterocycles. The predicted octanol–water partition coefficient (Wildman–Crippen LogP) is 13.2. The van der Waals surface area contributed by atoms with Crippen LogP contribution in [0.2, 0.25) is 0 Å². The third-order valence-corrected chi connectivity index (χ3v) is 10.1. The van der Waals surface area contributed by atoms with E-state index >= 15 is 0 Å². The Hall–Kier alpha value is -6.44. The summed E-state index contributed by atoms with van der Waals surface area (Å²) in [6, 6.07) is 68.8. The van der Waals surface area contributed by atoms with Gasteiger partial charge in [-0.2, -0.15) is 0 Å². The lowest BCUT2D eigenvalue weighted by molar-refractivity contribution is 1.18. The number of fused-ring (bicyclic) bond motifs is 9. The van der Waals surface area contributed by atoms with Crippen molar-refractivity contribution in [1.82, 2.24) is 4.57 Å². The summed E-state index contributed by atoms with van der Waals surface area (Å²) in [6.07, 6.45) is 0. The number of para-hydroxylation sites is 2. The van der Waals surface area contributed by atoms with E-state index in [1.54, 1.807) is 0 Å². The summed E-state index contributed by atoms with van der Waals surface area (Å²) in [5.41, 5.74) is 10.8. The maximum absolute atomic E-state index is 2.40. The molecule has 0 unspecified atom stereocenters. The van der Waals surface area contributed by atoms with Crippen LogP contribution < -0.4 is 0 Å². The molecular formula is C48H31N. The Labute approximate surface area is 284 Å². The molecule has 0 aliphatic rings. The molecule has 9 aromatic carbocycles. The van der Waals surface area contributed by atoms with Crippen LogP contribution in [0.1, 0.15) is 0 Å². The lowest BCUT2D eigenvalue weighted by Gasteiger charge is -2.15. The molecular weight excluding hydrogens is 591 g/mol. The van der Waals surface area contributed by atoms with Gasteiger partial charge in [0.05, 0.1) is 11.0 Å². The number of hydrogen-bond acceptors (Lipinski definition) is 0. The second-order valence-corrected chi connectivity index (χ2v) is 12.9. The van der Waals surface area contributed by atoms with Crippen LogP contribution >= 0.6 is 0 Å². The molecule has 10 aromatic rings. The Morgan fingerprint density at radius 3 is 1.24 bits per heavy atom. The van der Waals surface area contributed by atoms with E-state index in [1.807, 2.05) is 0 Å². The Morgan fingerprint density at radius 2 is 0.653 bits per heavy atom. The molecule has 0 fully saturated rings. The van der Waals surface area contributed by atoms with Gasteiger partial charge in [0, 0.05) is 16.5 Å². The fourth-order valence-corrected chi connectivity index (χ4v) is 7.87. The van der Waals surface area contributed by atoms with Gasteiger partial charge in [0.15, 0.2) is 0 Å². The van der Waals surface area contributed by atoms with Crippen molar-refractivity contribution < 1.29 is 0 Å². The molecule has 0 saturated carbocycles. The Balaban J connectivity index is 1.19.